The molecule has 0 atom stereocenters. The van der Waals surface area contributed by atoms with Crippen molar-refractivity contribution in [1.82, 2.24) is 5.32 Å². The van der Waals surface area contributed by atoms with Crippen LogP contribution in [0.1, 0.15) is 38.3 Å². The molecule has 0 fully saturated rings. The Kier molecular flexibility index (Phi) is 4.91. The molecule has 0 bridgehead atoms. The number of amides is 1. The molecule has 0 unspecified atom stereocenters. The van der Waals surface area contributed by atoms with Crippen LogP contribution in [-0.4, -0.2) is 18.0 Å². The molecule has 2 N–H and O–H groups in total. The first-order valence-electron chi connectivity index (χ1n) is 6.46. The van der Waals surface area contributed by atoms with Gasteiger partial charge in [-0.1, -0.05) is 19.1 Å². The zero-order valence-corrected chi connectivity index (χ0v) is 12.1. The van der Waals surface area contributed by atoms with Crippen molar-refractivity contribution in [2.45, 2.75) is 46.6 Å². The fourth-order valence-corrected chi connectivity index (χ4v) is 1.51. The molecule has 1 rings (SSSR count). The molecule has 100 valence electrons. The molecule has 3 nitrogen and oxygen atoms in total. The van der Waals surface area contributed by atoms with Crippen LogP contribution in [0.2, 0.25) is 0 Å². The number of aryl methyl sites for hydroxylation is 2. The quantitative estimate of drug-likeness (QED) is 0.841. The molecule has 0 aliphatic carbocycles. The number of anilines is 1. The Morgan fingerprint density at radius 1 is 1.28 bits per heavy atom. The Morgan fingerprint density at radius 2 is 1.94 bits per heavy atom. The highest BCUT2D eigenvalue weighted by molar-refractivity contribution is 5.93. The molecule has 18 heavy (non-hydrogen) atoms. The lowest BCUT2D eigenvalue weighted by atomic mass is 10.0. The summed E-state index contributed by atoms with van der Waals surface area (Å²) in [5, 5.41) is 6.20. The first-order valence-corrected chi connectivity index (χ1v) is 6.46. The Hall–Kier alpha value is -1.35. The van der Waals surface area contributed by atoms with Gasteiger partial charge in [0.2, 0.25) is 5.91 Å². The number of hydrogen-bond donors (Lipinski definition) is 2. The predicted molar refractivity (Wildman–Crippen MR) is 76.9 cm³/mol. The smallest absolute Gasteiger partial charge is 0.238 e. The van der Waals surface area contributed by atoms with E-state index in [-0.39, 0.29) is 11.4 Å². The molecule has 0 saturated heterocycles. The topological polar surface area (TPSA) is 41.1 Å². The minimum absolute atomic E-state index is 0.00100. The second-order valence-electron chi connectivity index (χ2n) is 5.46. The molecule has 0 aliphatic heterocycles. The SMILES string of the molecule is CCC(C)(C)NCC(=O)Nc1cc(C)ccc1C. The van der Waals surface area contributed by atoms with Crippen molar-refractivity contribution in [2.75, 3.05) is 11.9 Å². The van der Waals surface area contributed by atoms with E-state index < -0.39 is 0 Å². The molecule has 1 amide bonds. The first kappa shape index (κ1) is 14.7. The summed E-state index contributed by atoms with van der Waals surface area (Å²) in [5.41, 5.74) is 3.14. The van der Waals surface area contributed by atoms with Crippen molar-refractivity contribution in [3.8, 4) is 0 Å². The third-order valence-corrected chi connectivity index (χ3v) is 3.28. The summed E-state index contributed by atoms with van der Waals surface area (Å²) in [5.74, 6) is 0.00484. The van der Waals surface area contributed by atoms with Crippen molar-refractivity contribution in [3.63, 3.8) is 0 Å². The van der Waals surface area contributed by atoms with Crippen molar-refractivity contribution in [1.29, 1.82) is 0 Å². The van der Waals surface area contributed by atoms with E-state index in [4.69, 9.17) is 0 Å². The summed E-state index contributed by atoms with van der Waals surface area (Å²) in [4.78, 5) is 11.9. The predicted octanol–water partition coefficient (Wildman–Crippen LogP) is 3.02. The number of carbonyl (C=O) groups excluding carboxylic acids is 1. The van der Waals surface area contributed by atoms with Crippen molar-refractivity contribution < 1.29 is 4.79 Å². The summed E-state index contributed by atoms with van der Waals surface area (Å²) < 4.78 is 0. The number of rotatable bonds is 5. The van der Waals surface area contributed by atoms with E-state index in [1.54, 1.807) is 0 Å². The minimum atomic E-state index is -0.00100. The second-order valence-corrected chi connectivity index (χ2v) is 5.46. The second kappa shape index (κ2) is 6.01. The molecule has 0 aromatic heterocycles. The largest absolute Gasteiger partial charge is 0.325 e. The highest BCUT2D eigenvalue weighted by Crippen LogP contribution is 2.16. The zero-order valence-electron chi connectivity index (χ0n) is 12.1. The van der Waals surface area contributed by atoms with Crippen molar-refractivity contribution in [3.05, 3.63) is 29.3 Å². The van der Waals surface area contributed by atoms with E-state index in [0.717, 1.165) is 23.2 Å². The van der Waals surface area contributed by atoms with Crippen LogP contribution in [-0.2, 0) is 4.79 Å². The lowest BCUT2D eigenvalue weighted by Gasteiger charge is -2.24. The maximum Gasteiger partial charge on any atom is 0.238 e. The summed E-state index contributed by atoms with van der Waals surface area (Å²) in [6.07, 6.45) is 0.990. The van der Waals surface area contributed by atoms with Gasteiger partial charge >= 0.3 is 0 Å². The molecule has 1 aromatic carbocycles. The van der Waals surface area contributed by atoms with Gasteiger partial charge < -0.3 is 10.6 Å². The monoisotopic (exact) mass is 248 g/mol. The van der Waals surface area contributed by atoms with Gasteiger partial charge in [-0.2, -0.15) is 0 Å². The van der Waals surface area contributed by atoms with Gasteiger partial charge in [0.05, 0.1) is 6.54 Å². The molecular weight excluding hydrogens is 224 g/mol. The molecule has 0 heterocycles. The van der Waals surface area contributed by atoms with Gasteiger partial charge in [-0.25, -0.2) is 0 Å². The van der Waals surface area contributed by atoms with Gasteiger partial charge in [0.25, 0.3) is 0 Å². The average Bonchev–Trinajstić information content (AvgIpc) is 2.31. The van der Waals surface area contributed by atoms with Crippen molar-refractivity contribution in [2.24, 2.45) is 0 Å². The summed E-state index contributed by atoms with van der Waals surface area (Å²) >= 11 is 0. The molecule has 3 heteroatoms. The van der Waals surface area contributed by atoms with Gasteiger partial charge in [0, 0.05) is 11.2 Å². The molecule has 0 spiro atoms. The fourth-order valence-electron chi connectivity index (χ4n) is 1.51. The van der Waals surface area contributed by atoms with Crippen LogP contribution in [0.15, 0.2) is 18.2 Å². The van der Waals surface area contributed by atoms with Crippen molar-refractivity contribution >= 4 is 11.6 Å². The van der Waals surface area contributed by atoms with Gasteiger partial charge in [0.1, 0.15) is 0 Å². The standard InChI is InChI=1S/C15H24N2O/c1-6-15(4,5)16-10-14(18)17-13-9-11(2)7-8-12(13)3/h7-9,16H,6,10H2,1-5H3,(H,17,18). The van der Waals surface area contributed by atoms with E-state index in [9.17, 15) is 4.79 Å². The number of nitrogens with one attached hydrogen (secondary N) is 2. The van der Waals surface area contributed by atoms with Crippen LogP contribution < -0.4 is 10.6 Å². The van der Waals surface area contributed by atoms with E-state index in [1.165, 1.54) is 0 Å². The summed E-state index contributed by atoms with van der Waals surface area (Å²) in [6, 6.07) is 6.07. The highest BCUT2D eigenvalue weighted by atomic mass is 16.1. The van der Waals surface area contributed by atoms with E-state index in [0.29, 0.717) is 6.54 Å². The van der Waals surface area contributed by atoms with Gasteiger partial charge in [-0.3, -0.25) is 4.79 Å². The fraction of sp³-hybridized carbons (Fsp3) is 0.533. The Morgan fingerprint density at radius 3 is 2.56 bits per heavy atom. The zero-order chi connectivity index (χ0) is 13.8. The van der Waals surface area contributed by atoms with Crippen LogP contribution in [0.5, 0.6) is 0 Å². The third-order valence-electron chi connectivity index (χ3n) is 3.28. The number of carbonyl (C=O) groups is 1. The van der Waals surface area contributed by atoms with Gasteiger partial charge in [-0.15, -0.1) is 0 Å². The maximum absolute atomic E-state index is 11.9. The van der Waals surface area contributed by atoms with Gasteiger partial charge in [-0.05, 0) is 51.3 Å². The molecule has 0 aliphatic rings. The first-order chi connectivity index (χ1) is 8.34. The minimum Gasteiger partial charge on any atom is -0.325 e. The maximum atomic E-state index is 11.9. The Bertz CT molecular complexity index is 425. The summed E-state index contributed by atoms with van der Waals surface area (Å²) in [7, 11) is 0. The van der Waals surface area contributed by atoms with Crippen LogP contribution in [0.3, 0.4) is 0 Å². The lowest BCUT2D eigenvalue weighted by molar-refractivity contribution is -0.115. The average molecular weight is 248 g/mol. The van der Waals surface area contributed by atoms with E-state index in [1.807, 2.05) is 32.0 Å². The lowest BCUT2D eigenvalue weighted by Crippen LogP contribution is -2.43. The van der Waals surface area contributed by atoms with E-state index in [2.05, 4.69) is 31.4 Å². The third kappa shape index (κ3) is 4.49. The van der Waals surface area contributed by atoms with Gasteiger partial charge in [0.15, 0.2) is 0 Å². The van der Waals surface area contributed by atoms with Crippen LogP contribution in [0, 0.1) is 13.8 Å². The van der Waals surface area contributed by atoms with E-state index >= 15 is 0 Å². The highest BCUT2D eigenvalue weighted by Gasteiger charge is 2.15. The Labute approximate surface area is 110 Å². The Balaban J connectivity index is 2.57. The van der Waals surface area contributed by atoms with Crippen LogP contribution >= 0.6 is 0 Å². The molecule has 1 aromatic rings. The normalized spacial score (nSPS) is 11.4. The molecular formula is C15H24N2O. The van der Waals surface area contributed by atoms with Crippen LogP contribution in [0.25, 0.3) is 0 Å². The molecule has 0 saturated carbocycles. The molecule has 0 radical (unpaired) electrons. The number of hydrogen-bond acceptors (Lipinski definition) is 2. The van der Waals surface area contributed by atoms with Crippen LogP contribution in [0.4, 0.5) is 5.69 Å². The summed E-state index contributed by atoms with van der Waals surface area (Å²) in [6.45, 7) is 10.7. The number of benzene rings is 1.